The van der Waals surface area contributed by atoms with Gasteiger partial charge in [-0.1, -0.05) is 30.3 Å². The summed E-state index contributed by atoms with van der Waals surface area (Å²) in [4.78, 5) is 17.7. The lowest BCUT2D eigenvalue weighted by Crippen LogP contribution is -2.23. The summed E-state index contributed by atoms with van der Waals surface area (Å²) < 4.78 is 34.1. The number of nitrogens with zero attached hydrogens (tertiary/aromatic N) is 2. The zero-order chi connectivity index (χ0) is 23.8. The molecule has 1 heterocycles. The number of methoxy groups -OCH3 is 1. The van der Waals surface area contributed by atoms with Gasteiger partial charge in [0.1, 0.15) is 5.75 Å². The maximum atomic E-state index is 13.3. The Bertz CT molecular complexity index is 1500. The summed E-state index contributed by atoms with van der Waals surface area (Å²) in [7, 11) is -2.10. The monoisotopic (exact) mass is 464 g/mol. The standard InChI is InChI=1S/C24H24N4O4S/c1-15(2)33(30,31)27-21-14-17(10-12-22(21)32-3)16-9-11-20-19(13-16)23(29)28(24(25)26-20)18-7-5-4-6-8-18/h4-15,27H,1-3H3,(H2,25,26). The molecule has 0 aliphatic heterocycles. The Hall–Kier alpha value is -3.85. The quantitative estimate of drug-likeness (QED) is 0.448. The summed E-state index contributed by atoms with van der Waals surface area (Å²) in [6.45, 7) is 3.19. The zero-order valence-electron chi connectivity index (χ0n) is 18.4. The Balaban J connectivity index is 1.85. The Morgan fingerprint density at radius 3 is 2.33 bits per heavy atom. The van der Waals surface area contributed by atoms with Gasteiger partial charge in [-0.15, -0.1) is 0 Å². The number of nitrogens with one attached hydrogen (secondary N) is 1. The van der Waals surface area contributed by atoms with Crippen molar-refractivity contribution in [2.75, 3.05) is 17.6 Å². The maximum Gasteiger partial charge on any atom is 0.267 e. The summed E-state index contributed by atoms with van der Waals surface area (Å²) in [5.41, 5.74) is 8.63. The van der Waals surface area contributed by atoms with Crippen molar-refractivity contribution in [2.24, 2.45) is 0 Å². The van der Waals surface area contributed by atoms with E-state index >= 15 is 0 Å². The van der Waals surface area contributed by atoms with E-state index in [0.717, 1.165) is 5.56 Å². The third-order valence-corrected chi connectivity index (χ3v) is 7.06. The van der Waals surface area contributed by atoms with Crippen molar-refractivity contribution >= 4 is 32.6 Å². The lowest BCUT2D eigenvalue weighted by molar-refractivity contribution is 0.417. The van der Waals surface area contributed by atoms with Gasteiger partial charge < -0.3 is 10.5 Å². The molecule has 8 nitrogen and oxygen atoms in total. The van der Waals surface area contributed by atoms with E-state index in [0.29, 0.717) is 33.6 Å². The van der Waals surface area contributed by atoms with Crippen LogP contribution in [-0.2, 0) is 10.0 Å². The van der Waals surface area contributed by atoms with Gasteiger partial charge >= 0.3 is 0 Å². The average Bonchev–Trinajstić information content (AvgIpc) is 2.79. The lowest BCUT2D eigenvalue weighted by Gasteiger charge is -2.15. The molecule has 0 fully saturated rings. The van der Waals surface area contributed by atoms with Crippen LogP contribution in [0.3, 0.4) is 0 Å². The topological polar surface area (TPSA) is 116 Å². The van der Waals surface area contributed by atoms with Crippen LogP contribution in [0.25, 0.3) is 27.7 Å². The Labute approximate surface area is 191 Å². The van der Waals surface area contributed by atoms with E-state index in [1.165, 1.54) is 11.7 Å². The smallest absolute Gasteiger partial charge is 0.267 e. The van der Waals surface area contributed by atoms with E-state index in [4.69, 9.17) is 10.5 Å². The van der Waals surface area contributed by atoms with E-state index in [9.17, 15) is 13.2 Å². The van der Waals surface area contributed by atoms with Crippen LogP contribution in [0.15, 0.2) is 71.5 Å². The molecule has 0 saturated carbocycles. The van der Waals surface area contributed by atoms with Crippen molar-refractivity contribution < 1.29 is 13.2 Å². The molecule has 0 atom stereocenters. The van der Waals surface area contributed by atoms with Gasteiger partial charge in [-0.05, 0) is 61.4 Å². The summed E-state index contributed by atoms with van der Waals surface area (Å²) in [6, 6.07) is 19.5. The number of anilines is 2. The number of benzene rings is 3. The fourth-order valence-corrected chi connectivity index (χ4v) is 4.15. The predicted octanol–water partition coefficient (Wildman–Crippen LogP) is 3.79. The second-order valence-corrected chi connectivity index (χ2v) is 10.0. The van der Waals surface area contributed by atoms with Gasteiger partial charge in [0.15, 0.2) is 0 Å². The third kappa shape index (κ3) is 4.27. The fourth-order valence-electron chi connectivity index (χ4n) is 3.45. The number of rotatable bonds is 6. The second kappa shape index (κ2) is 8.59. The van der Waals surface area contributed by atoms with Gasteiger partial charge in [0, 0.05) is 0 Å². The van der Waals surface area contributed by atoms with Crippen LogP contribution in [0.5, 0.6) is 5.75 Å². The van der Waals surface area contributed by atoms with Gasteiger partial charge in [0.2, 0.25) is 16.0 Å². The molecule has 0 saturated heterocycles. The highest BCUT2D eigenvalue weighted by Crippen LogP contribution is 2.32. The molecule has 1 aromatic heterocycles. The molecule has 3 aromatic carbocycles. The molecular formula is C24H24N4O4S. The number of ether oxygens (including phenoxy) is 1. The second-order valence-electron chi connectivity index (χ2n) is 7.79. The van der Waals surface area contributed by atoms with E-state index in [2.05, 4.69) is 9.71 Å². The van der Waals surface area contributed by atoms with Gasteiger partial charge in [-0.3, -0.25) is 9.52 Å². The number of hydrogen-bond donors (Lipinski definition) is 2. The summed E-state index contributed by atoms with van der Waals surface area (Å²) in [5.74, 6) is 0.492. The van der Waals surface area contributed by atoms with Crippen molar-refractivity contribution in [3.63, 3.8) is 0 Å². The summed E-state index contributed by atoms with van der Waals surface area (Å²) >= 11 is 0. The van der Waals surface area contributed by atoms with Gasteiger partial charge in [-0.2, -0.15) is 0 Å². The Morgan fingerprint density at radius 1 is 1.00 bits per heavy atom. The number of para-hydroxylation sites is 1. The molecule has 0 aliphatic rings. The summed E-state index contributed by atoms with van der Waals surface area (Å²) in [5, 5.41) is -0.217. The van der Waals surface area contributed by atoms with E-state index in [-0.39, 0.29) is 11.5 Å². The Kier molecular flexibility index (Phi) is 5.82. The highest BCUT2D eigenvalue weighted by molar-refractivity contribution is 7.93. The van der Waals surface area contributed by atoms with Crippen molar-refractivity contribution in [3.8, 4) is 22.6 Å². The molecule has 4 aromatic rings. The number of fused-ring (bicyclic) bond motifs is 1. The molecule has 0 unspecified atom stereocenters. The third-order valence-electron chi connectivity index (χ3n) is 5.31. The average molecular weight is 465 g/mol. The van der Waals surface area contributed by atoms with Crippen molar-refractivity contribution in [1.82, 2.24) is 9.55 Å². The largest absolute Gasteiger partial charge is 0.495 e. The Morgan fingerprint density at radius 2 is 1.67 bits per heavy atom. The molecular weight excluding hydrogens is 440 g/mol. The van der Waals surface area contributed by atoms with Crippen molar-refractivity contribution in [2.45, 2.75) is 19.1 Å². The predicted molar refractivity (Wildman–Crippen MR) is 131 cm³/mol. The van der Waals surface area contributed by atoms with Crippen LogP contribution < -0.4 is 20.8 Å². The SMILES string of the molecule is COc1ccc(-c2ccc3nc(N)n(-c4ccccc4)c(=O)c3c2)cc1NS(=O)(=O)C(C)C. The minimum atomic E-state index is -3.57. The molecule has 0 radical (unpaired) electrons. The molecule has 3 N–H and O–H groups in total. The highest BCUT2D eigenvalue weighted by atomic mass is 32.2. The number of aromatic nitrogens is 2. The van der Waals surface area contributed by atoms with Crippen LogP contribution >= 0.6 is 0 Å². The minimum Gasteiger partial charge on any atom is -0.495 e. The van der Waals surface area contributed by atoms with Crippen molar-refractivity contribution in [1.29, 1.82) is 0 Å². The number of nitrogens with two attached hydrogens (primary N) is 1. The first-order valence-corrected chi connectivity index (χ1v) is 11.8. The van der Waals surface area contributed by atoms with Gasteiger partial charge in [0.25, 0.3) is 5.56 Å². The van der Waals surface area contributed by atoms with Crippen LogP contribution in [0.1, 0.15) is 13.8 Å². The van der Waals surface area contributed by atoms with Crippen LogP contribution in [-0.4, -0.2) is 30.3 Å². The molecule has 0 aliphatic carbocycles. The molecule has 0 amide bonds. The first-order valence-electron chi connectivity index (χ1n) is 10.3. The van der Waals surface area contributed by atoms with E-state index in [1.54, 1.807) is 56.3 Å². The lowest BCUT2D eigenvalue weighted by atomic mass is 10.0. The van der Waals surface area contributed by atoms with Gasteiger partial charge in [0.05, 0.1) is 34.6 Å². The molecule has 0 spiro atoms. The van der Waals surface area contributed by atoms with E-state index < -0.39 is 15.3 Å². The normalized spacial score (nSPS) is 11.6. The highest BCUT2D eigenvalue weighted by Gasteiger charge is 2.19. The minimum absolute atomic E-state index is 0.0984. The molecule has 9 heteroatoms. The molecule has 170 valence electrons. The number of sulfonamides is 1. The van der Waals surface area contributed by atoms with Gasteiger partial charge in [-0.25, -0.2) is 18.0 Å². The maximum absolute atomic E-state index is 13.3. The van der Waals surface area contributed by atoms with Crippen LogP contribution in [0.2, 0.25) is 0 Å². The fraction of sp³-hybridized carbons (Fsp3) is 0.167. The van der Waals surface area contributed by atoms with Crippen LogP contribution in [0.4, 0.5) is 11.6 Å². The van der Waals surface area contributed by atoms with E-state index in [1.807, 2.05) is 24.3 Å². The first kappa shape index (κ1) is 22.3. The molecule has 33 heavy (non-hydrogen) atoms. The number of nitrogen functional groups attached to an aromatic ring is 1. The molecule has 4 rings (SSSR count). The molecule has 0 bridgehead atoms. The van der Waals surface area contributed by atoms with Crippen LogP contribution in [0, 0.1) is 0 Å². The number of hydrogen-bond acceptors (Lipinski definition) is 6. The zero-order valence-corrected chi connectivity index (χ0v) is 19.3. The first-order chi connectivity index (χ1) is 15.7. The van der Waals surface area contributed by atoms with Crippen molar-refractivity contribution in [3.05, 3.63) is 77.1 Å². The summed E-state index contributed by atoms with van der Waals surface area (Å²) in [6.07, 6.45) is 0.